The molecule has 0 saturated heterocycles. The summed E-state index contributed by atoms with van der Waals surface area (Å²) < 4.78 is 16.3. The molecule has 0 bridgehead atoms. The van der Waals surface area contributed by atoms with Gasteiger partial charge in [0.1, 0.15) is 0 Å². The van der Waals surface area contributed by atoms with Gasteiger partial charge in [-0.05, 0) is 6.92 Å². The Labute approximate surface area is 98.6 Å². The maximum absolute atomic E-state index is 11.6. The molecule has 0 amide bonds. The minimum atomic E-state index is -1.71. The van der Waals surface area contributed by atoms with Gasteiger partial charge in [0.05, 0.1) is 11.5 Å². The largest absolute Gasteiger partial charge is 0.610 e. The van der Waals surface area contributed by atoms with E-state index in [1.165, 1.54) is 11.4 Å². The van der Waals surface area contributed by atoms with E-state index < -0.39 is 22.1 Å². The van der Waals surface area contributed by atoms with Crippen LogP contribution in [-0.4, -0.2) is 27.8 Å². The summed E-state index contributed by atoms with van der Waals surface area (Å²) in [6, 6.07) is 1.27. The van der Waals surface area contributed by atoms with Gasteiger partial charge < -0.3 is 9.29 Å². The summed E-state index contributed by atoms with van der Waals surface area (Å²) in [7, 11) is 0. The number of hydrogen-bond donors (Lipinski definition) is 0. The molecule has 0 aliphatic carbocycles. The Morgan fingerprint density at radius 1 is 1.69 bits per heavy atom. The summed E-state index contributed by atoms with van der Waals surface area (Å²) in [4.78, 5) is 21.0. The molecule has 1 rings (SSSR count). The van der Waals surface area contributed by atoms with Gasteiger partial charge in [0.15, 0.2) is 0 Å². The van der Waals surface area contributed by atoms with E-state index in [2.05, 4.69) is 4.74 Å². The van der Waals surface area contributed by atoms with E-state index in [4.69, 9.17) is 0 Å². The molecule has 1 unspecified atom stereocenters. The van der Waals surface area contributed by atoms with Gasteiger partial charge >= 0.3 is 11.7 Å². The van der Waals surface area contributed by atoms with Crippen LogP contribution in [0.2, 0.25) is 0 Å². The van der Waals surface area contributed by atoms with Gasteiger partial charge in [-0.3, -0.25) is 10.1 Å². The zero-order chi connectivity index (χ0) is 12.1. The smallest absolute Gasteiger partial charge is 0.356 e. The molecular formula is C8H9NO5S2. The van der Waals surface area contributed by atoms with Crippen molar-refractivity contribution in [2.24, 2.45) is 0 Å². The number of carbonyl (C=O) groups excluding carboxylic acids is 1. The second-order valence-electron chi connectivity index (χ2n) is 2.65. The molecule has 1 heterocycles. The summed E-state index contributed by atoms with van der Waals surface area (Å²) in [5.41, 5.74) is -0.215. The van der Waals surface area contributed by atoms with Crippen LogP contribution in [-0.2, 0) is 20.7 Å². The summed E-state index contributed by atoms with van der Waals surface area (Å²) in [6.07, 6.45) is 0. The fraction of sp³-hybridized carbons (Fsp3) is 0.375. The van der Waals surface area contributed by atoms with Crippen molar-refractivity contribution in [3.05, 3.63) is 21.6 Å². The Morgan fingerprint density at radius 2 is 2.38 bits per heavy atom. The molecule has 88 valence electrons. The highest BCUT2D eigenvalue weighted by molar-refractivity contribution is 7.94. The van der Waals surface area contributed by atoms with Crippen LogP contribution >= 0.6 is 11.3 Å². The Balaban J connectivity index is 2.72. The van der Waals surface area contributed by atoms with Gasteiger partial charge in [-0.25, -0.2) is 4.79 Å². The van der Waals surface area contributed by atoms with Crippen molar-refractivity contribution in [3.8, 4) is 0 Å². The third-order valence-electron chi connectivity index (χ3n) is 1.57. The third-order valence-corrected chi connectivity index (χ3v) is 4.23. The maximum atomic E-state index is 11.6. The molecule has 0 saturated carbocycles. The Bertz CT molecular complexity index is 392. The lowest BCUT2D eigenvalue weighted by Gasteiger charge is -2.06. The molecule has 0 aliphatic rings. The SMILES string of the molecule is CCOC(=O)C[S+]([O-])c1sccc1[N+](=O)[O-]. The normalized spacial score (nSPS) is 12.1. The highest BCUT2D eigenvalue weighted by Gasteiger charge is 2.28. The highest BCUT2D eigenvalue weighted by atomic mass is 32.2. The highest BCUT2D eigenvalue weighted by Crippen LogP contribution is 2.30. The molecule has 8 heteroatoms. The minimum absolute atomic E-state index is 0.0954. The molecule has 0 fully saturated rings. The first-order valence-corrected chi connectivity index (χ1v) is 6.52. The van der Waals surface area contributed by atoms with E-state index in [9.17, 15) is 19.5 Å². The lowest BCUT2D eigenvalue weighted by atomic mass is 10.6. The average Bonchev–Trinajstić information content (AvgIpc) is 2.65. The zero-order valence-electron chi connectivity index (χ0n) is 8.37. The van der Waals surface area contributed by atoms with E-state index in [0.717, 1.165) is 11.3 Å². The summed E-state index contributed by atoms with van der Waals surface area (Å²) in [6.45, 7) is 1.83. The van der Waals surface area contributed by atoms with Crippen LogP contribution in [0.4, 0.5) is 5.69 Å². The predicted octanol–water partition coefficient (Wildman–Crippen LogP) is 1.33. The number of esters is 1. The summed E-state index contributed by atoms with van der Waals surface area (Å²) in [5, 5.41) is 12.0. The van der Waals surface area contributed by atoms with Gasteiger partial charge in [-0.15, -0.1) is 0 Å². The fourth-order valence-electron chi connectivity index (χ4n) is 0.970. The number of ether oxygens (including phenoxy) is 1. The number of thiophene rings is 1. The van der Waals surface area contributed by atoms with E-state index >= 15 is 0 Å². The van der Waals surface area contributed by atoms with Crippen LogP contribution in [0.3, 0.4) is 0 Å². The molecule has 0 radical (unpaired) electrons. The Morgan fingerprint density at radius 3 is 2.94 bits per heavy atom. The first-order valence-electron chi connectivity index (χ1n) is 4.32. The van der Waals surface area contributed by atoms with E-state index in [1.54, 1.807) is 6.92 Å². The van der Waals surface area contributed by atoms with Crippen LogP contribution in [0.1, 0.15) is 6.92 Å². The van der Waals surface area contributed by atoms with Crippen molar-refractivity contribution in [1.29, 1.82) is 0 Å². The van der Waals surface area contributed by atoms with E-state index in [1.807, 2.05) is 0 Å². The van der Waals surface area contributed by atoms with Gasteiger partial charge in [0.25, 0.3) is 4.21 Å². The fourth-order valence-corrected chi connectivity index (χ4v) is 3.13. The molecular weight excluding hydrogens is 254 g/mol. The minimum Gasteiger partial charge on any atom is -0.610 e. The van der Waals surface area contributed by atoms with Gasteiger partial charge in [0.2, 0.25) is 5.75 Å². The van der Waals surface area contributed by atoms with Crippen molar-refractivity contribution in [2.75, 3.05) is 12.4 Å². The number of hydrogen-bond acceptors (Lipinski definition) is 6. The van der Waals surface area contributed by atoms with Crippen LogP contribution in [0.15, 0.2) is 15.7 Å². The van der Waals surface area contributed by atoms with Crippen molar-refractivity contribution in [1.82, 2.24) is 0 Å². The van der Waals surface area contributed by atoms with Crippen LogP contribution in [0.5, 0.6) is 0 Å². The second kappa shape index (κ2) is 5.83. The lowest BCUT2D eigenvalue weighted by Crippen LogP contribution is -2.18. The number of nitrogens with zero attached hydrogens (tertiary/aromatic N) is 1. The second-order valence-corrected chi connectivity index (χ2v) is 5.21. The Hall–Kier alpha value is -1.12. The first-order chi connectivity index (χ1) is 7.56. The monoisotopic (exact) mass is 263 g/mol. The molecule has 1 atom stereocenters. The standard InChI is InChI=1S/C8H9NO5S2/c1-2-14-7(10)5-16(13)8-6(9(11)12)3-4-15-8/h3-4H,2,5H2,1H3. The van der Waals surface area contributed by atoms with Gasteiger partial charge in [0, 0.05) is 22.6 Å². The first kappa shape index (κ1) is 12.9. The summed E-state index contributed by atoms with van der Waals surface area (Å²) in [5.74, 6) is -0.974. The topological polar surface area (TPSA) is 92.5 Å². The average molecular weight is 263 g/mol. The molecule has 6 nitrogen and oxygen atoms in total. The number of rotatable bonds is 5. The van der Waals surface area contributed by atoms with Crippen molar-refractivity contribution in [2.45, 2.75) is 11.1 Å². The van der Waals surface area contributed by atoms with Crippen LogP contribution in [0, 0.1) is 10.1 Å². The quantitative estimate of drug-likeness (QED) is 0.346. The molecule has 0 N–H and O–H groups in total. The van der Waals surface area contributed by atoms with Crippen LogP contribution < -0.4 is 0 Å². The number of carbonyl (C=O) groups is 1. The molecule has 16 heavy (non-hydrogen) atoms. The number of nitro groups is 1. The maximum Gasteiger partial charge on any atom is 0.356 e. The van der Waals surface area contributed by atoms with Gasteiger partial charge in [-0.1, -0.05) is 11.3 Å². The molecule has 0 spiro atoms. The van der Waals surface area contributed by atoms with E-state index in [-0.39, 0.29) is 22.3 Å². The zero-order valence-corrected chi connectivity index (χ0v) is 10.0. The van der Waals surface area contributed by atoms with Crippen molar-refractivity contribution in [3.63, 3.8) is 0 Å². The van der Waals surface area contributed by atoms with Crippen molar-refractivity contribution >= 4 is 34.2 Å². The molecule has 1 aromatic rings. The predicted molar refractivity (Wildman–Crippen MR) is 58.9 cm³/mol. The Kier molecular flexibility index (Phi) is 4.71. The van der Waals surface area contributed by atoms with E-state index in [0.29, 0.717) is 0 Å². The van der Waals surface area contributed by atoms with Crippen LogP contribution in [0.25, 0.3) is 0 Å². The summed E-state index contributed by atoms with van der Waals surface area (Å²) >= 11 is -0.717. The molecule has 0 aliphatic heterocycles. The lowest BCUT2D eigenvalue weighted by molar-refractivity contribution is -0.387. The molecule has 0 aromatic carbocycles. The van der Waals surface area contributed by atoms with Gasteiger partial charge in [-0.2, -0.15) is 0 Å². The van der Waals surface area contributed by atoms with Crippen molar-refractivity contribution < 1.29 is 19.0 Å². The molecule has 1 aromatic heterocycles. The third kappa shape index (κ3) is 3.19.